The summed E-state index contributed by atoms with van der Waals surface area (Å²) in [5, 5.41) is 22.4. The first-order chi connectivity index (χ1) is 15.4. The highest BCUT2D eigenvalue weighted by Gasteiger charge is 2.26. The van der Waals surface area contributed by atoms with Gasteiger partial charge in [-0.15, -0.1) is 0 Å². The van der Waals surface area contributed by atoms with Crippen LogP contribution in [-0.4, -0.2) is 77.1 Å². The summed E-state index contributed by atoms with van der Waals surface area (Å²) in [7, 11) is 0. The van der Waals surface area contributed by atoms with Gasteiger partial charge in [0.05, 0.1) is 18.9 Å². The fraction of sp³-hybridized carbons (Fsp3) is 0.619. The molecule has 11 heteroatoms. The highest BCUT2D eigenvalue weighted by atomic mass is 32.1. The number of rotatable bonds is 7. The third kappa shape index (κ3) is 5.11. The van der Waals surface area contributed by atoms with Crippen LogP contribution in [-0.2, 0) is 4.74 Å². The van der Waals surface area contributed by atoms with Crippen LogP contribution in [0.1, 0.15) is 35.1 Å². The first kappa shape index (κ1) is 22.7. The number of thiazole rings is 1. The summed E-state index contributed by atoms with van der Waals surface area (Å²) in [6, 6.07) is 2.02. The lowest BCUT2D eigenvalue weighted by Crippen LogP contribution is -2.38. The molecule has 0 saturated carbocycles. The molecule has 0 radical (unpaired) electrons. The third-order valence-electron chi connectivity index (χ3n) is 6.20. The lowest BCUT2D eigenvalue weighted by molar-refractivity contribution is 0.0701. The zero-order valence-electron chi connectivity index (χ0n) is 18.5. The van der Waals surface area contributed by atoms with Crippen LogP contribution in [0.3, 0.4) is 0 Å². The van der Waals surface area contributed by atoms with E-state index in [2.05, 4.69) is 27.0 Å². The van der Waals surface area contributed by atoms with Crippen LogP contribution < -0.4 is 15.1 Å². The van der Waals surface area contributed by atoms with Crippen molar-refractivity contribution in [1.82, 2.24) is 15.0 Å². The fourth-order valence-electron chi connectivity index (χ4n) is 4.18. The van der Waals surface area contributed by atoms with Crippen LogP contribution in [0.25, 0.3) is 0 Å². The predicted molar refractivity (Wildman–Crippen MR) is 123 cm³/mol. The van der Waals surface area contributed by atoms with Crippen LogP contribution in [0, 0.1) is 18.8 Å². The van der Waals surface area contributed by atoms with Gasteiger partial charge in [0.15, 0.2) is 5.13 Å². The average Bonchev–Trinajstić information content (AvgIpc) is 3.19. The number of carboxylic acid groups (broad SMARTS) is 1. The van der Waals surface area contributed by atoms with E-state index in [0.29, 0.717) is 41.8 Å². The van der Waals surface area contributed by atoms with Crippen molar-refractivity contribution < 1.29 is 19.7 Å². The van der Waals surface area contributed by atoms with Gasteiger partial charge in [-0.3, -0.25) is 5.32 Å². The molecule has 0 amide bonds. The lowest BCUT2D eigenvalue weighted by atomic mass is 9.86. The normalized spacial score (nSPS) is 18.6. The van der Waals surface area contributed by atoms with Crippen molar-refractivity contribution >= 4 is 40.0 Å². The topological polar surface area (TPSA) is 124 Å². The van der Waals surface area contributed by atoms with E-state index in [0.717, 1.165) is 62.0 Å². The highest BCUT2D eigenvalue weighted by molar-refractivity contribution is 7.17. The minimum Gasteiger partial charge on any atom is -0.477 e. The molecule has 3 N–H and O–H groups in total. The van der Waals surface area contributed by atoms with Gasteiger partial charge in [-0.1, -0.05) is 18.3 Å². The average molecular weight is 463 g/mol. The number of aliphatic hydroxyl groups excluding tert-OH is 1. The van der Waals surface area contributed by atoms with Gasteiger partial charge < -0.3 is 24.7 Å². The number of piperidine rings is 1. The van der Waals surface area contributed by atoms with Crippen molar-refractivity contribution in [3.05, 3.63) is 16.6 Å². The van der Waals surface area contributed by atoms with E-state index >= 15 is 0 Å². The molecule has 0 aromatic carbocycles. The molecule has 4 rings (SSSR count). The number of hydrogen-bond donors (Lipinski definition) is 3. The molecule has 1 atom stereocenters. The Hall–Kier alpha value is -2.50. The van der Waals surface area contributed by atoms with Crippen molar-refractivity contribution in [3.8, 4) is 0 Å². The number of aryl methyl sites for hydroxylation is 1. The molecular formula is C21H30N6O4S. The van der Waals surface area contributed by atoms with Gasteiger partial charge in [0.1, 0.15) is 16.5 Å². The minimum atomic E-state index is -0.989. The number of morpholine rings is 1. The van der Waals surface area contributed by atoms with Gasteiger partial charge in [0.25, 0.3) is 0 Å². The Morgan fingerprint density at radius 2 is 1.81 bits per heavy atom. The summed E-state index contributed by atoms with van der Waals surface area (Å²) in [6.45, 7) is 8.56. The zero-order valence-corrected chi connectivity index (χ0v) is 19.3. The molecule has 0 spiro atoms. The Morgan fingerprint density at radius 3 is 2.38 bits per heavy atom. The Morgan fingerprint density at radius 1 is 1.19 bits per heavy atom. The SMILES string of the molecule is Cc1nc(Nc2nc(N3CCOCC3)cc(N3CCC(C(C)CO)CC3)n2)sc1C(=O)O. The van der Waals surface area contributed by atoms with Gasteiger partial charge in [0, 0.05) is 38.9 Å². The van der Waals surface area contributed by atoms with Crippen LogP contribution >= 0.6 is 11.3 Å². The number of ether oxygens (including phenoxy) is 1. The molecule has 2 fully saturated rings. The molecule has 2 aromatic heterocycles. The number of nitrogens with one attached hydrogen (secondary N) is 1. The first-order valence-electron chi connectivity index (χ1n) is 11.0. The standard InChI is InChI=1S/C21H30N6O4S/c1-13(12-28)15-3-5-26(6-4-15)16-11-17(27-7-9-31-10-8-27)24-20(23-16)25-21-22-14(2)18(32-21)19(29)30/h11,13,15,28H,3-10,12H2,1-2H3,(H,29,30)(H,22,23,24,25). The maximum absolute atomic E-state index is 11.4. The van der Waals surface area contributed by atoms with Crippen LogP contribution in [0.15, 0.2) is 6.07 Å². The summed E-state index contributed by atoms with van der Waals surface area (Å²) < 4.78 is 5.48. The van der Waals surface area contributed by atoms with E-state index in [1.54, 1.807) is 6.92 Å². The number of nitrogens with zero attached hydrogens (tertiary/aromatic N) is 5. The Labute approximate surface area is 191 Å². The number of aliphatic hydroxyl groups is 1. The van der Waals surface area contributed by atoms with Crippen LogP contribution in [0.2, 0.25) is 0 Å². The van der Waals surface area contributed by atoms with E-state index < -0.39 is 5.97 Å². The number of aromatic carboxylic acids is 1. The number of carbonyl (C=O) groups is 1. The summed E-state index contributed by atoms with van der Waals surface area (Å²) in [5.74, 6) is 1.89. The first-order valence-corrected chi connectivity index (χ1v) is 11.8. The molecule has 1 unspecified atom stereocenters. The summed E-state index contributed by atoms with van der Waals surface area (Å²) in [6.07, 6.45) is 2.02. The van der Waals surface area contributed by atoms with Crippen molar-refractivity contribution in [1.29, 1.82) is 0 Å². The third-order valence-corrected chi connectivity index (χ3v) is 7.26. The van der Waals surface area contributed by atoms with Crippen molar-refractivity contribution in [2.75, 3.05) is 61.1 Å². The zero-order chi connectivity index (χ0) is 22.7. The van der Waals surface area contributed by atoms with Crippen molar-refractivity contribution in [2.24, 2.45) is 11.8 Å². The van der Waals surface area contributed by atoms with Crippen LogP contribution in [0.5, 0.6) is 0 Å². The smallest absolute Gasteiger partial charge is 0.347 e. The number of hydrogen-bond acceptors (Lipinski definition) is 10. The molecule has 2 aromatic rings. The minimum absolute atomic E-state index is 0.206. The maximum Gasteiger partial charge on any atom is 0.347 e. The molecule has 0 aliphatic carbocycles. The molecule has 10 nitrogen and oxygen atoms in total. The molecule has 174 valence electrons. The molecule has 2 aliphatic rings. The van der Waals surface area contributed by atoms with E-state index in [9.17, 15) is 15.0 Å². The molecule has 2 aliphatic heterocycles. The number of aromatic nitrogens is 3. The molecule has 0 bridgehead atoms. The van der Waals surface area contributed by atoms with Gasteiger partial charge >= 0.3 is 5.97 Å². The summed E-state index contributed by atoms with van der Waals surface area (Å²) >= 11 is 1.08. The summed E-state index contributed by atoms with van der Waals surface area (Å²) in [5.41, 5.74) is 0.467. The van der Waals surface area contributed by atoms with E-state index in [1.165, 1.54) is 0 Å². The highest BCUT2D eigenvalue weighted by Crippen LogP contribution is 2.31. The van der Waals surface area contributed by atoms with Gasteiger partial charge in [-0.25, -0.2) is 9.78 Å². The second kappa shape index (κ2) is 9.97. The largest absolute Gasteiger partial charge is 0.477 e. The fourth-order valence-corrected chi connectivity index (χ4v) is 4.98. The second-order valence-electron chi connectivity index (χ2n) is 8.36. The van der Waals surface area contributed by atoms with Crippen molar-refractivity contribution in [2.45, 2.75) is 26.7 Å². The van der Waals surface area contributed by atoms with Gasteiger partial charge in [-0.05, 0) is 31.6 Å². The molecule has 32 heavy (non-hydrogen) atoms. The van der Waals surface area contributed by atoms with E-state index in [4.69, 9.17) is 14.7 Å². The van der Waals surface area contributed by atoms with Gasteiger partial charge in [0.2, 0.25) is 5.95 Å². The van der Waals surface area contributed by atoms with Crippen LogP contribution in [0.4, 0.5) is 22.7 Å². The number of carboxylic acids is 1. The molecule has 2 saturated heterocycles. The number of anilines is 4. The monoisotopic (exact) mass is 462 g/mol. The lowest BCUT2D eigenvalue weighted by Gasteiger charge is -2.36. The Bertz CT molecular complexity index is 940. The van der Waals surface area contributed by atoms with E-state index in [-0.39, 0.29) is 11.5 Å². The molecular weight excluding hydrogens is 432 g/mol. The predicted octanol–water partition coefficient (Wildman–Crippen LogP) is 2.36. The quantitative estimate of drug-likeness (QED) is 0.565. The summed E-state index contributed by atoms with van der Waals surface area (Å²) in [4.78, 5) is 29.8. The van der Waals surface area contributed by atoms with E-state index in [1.807, 2.05) is 6.07 Å². The van der Waals surface area contributed by atoms with Gasteiger partial charge in [-0.2, -0.15) is 9.97 Å². The Kier molecular flexibility index (Phi) is 7.07. The Balaban J connectivity index is 1.58. The molecule has 4 heterocycles. The maximum atomic E-state index is 11.4. The second-order valence-corrected chi connectivity index (χ2v) is 9.35. The van der Waals surface area contributed by atoms with Crippen molar-refractivity contribution in [3.63, 3.8) is 0 Å².